The predicted octanol–water partition coefficient (Wildman–Crippen LogP) is 4.13. The molecule has 0 spiro atoms. The second-order valence-corrected chi connectivity index (χ2v) is 9.68. The van der Waals surface area contributed by atoms with E-state index in [2.05, 4.69) is 10.6 Å². The van der Waals surface area contributed by atoms with E-state index in [1.165, 1.54) is 0 Å². The van der Waals surface area contributed by atoms with Crippen LogP contribution in [-0.2, 0) is 26.9 Å². The Morgan fingerprint density at radius 2 is 1.72 bits per heavy atom. The molecular weight excluding hydrogens is 497 g/mol. The van der Waals surface area contributed by atoms with E-state index in [1.807, 2.05) is 49.5 Å². The highest BCUT2D eigenvalue weighted by atomic mass is 32.2. The van der Waals surface area contributed by atoms with Gasteiger partial charge >= 0.3 is 12.1 Å². The number of ether oxygens (including phenoxy) is 1. The van der Waals surface area contributed by atoms with Gasteiger partial charge in [-0.3, -0.25) is 9.00 Å². The Kier molecular flexibility index (Phi) is 10.9. The summed E-state index contributed by atoms with van der Waals surface area (Å²) in [7, 11) is 2.54. The number of benzene rings is 2. The molecule has 1 saturated carbocycles. The molecule has 1 aliphatic rings. The van der Waals surface area contributed by atoms with Gasteiger partial charge in [-0.15, -0.1) is 0 Å². The van der Waals surface area contributed by atoms with Crippen molar-refractivity contribution in [3.8, 4) is 16.9 Å². The molecule has 1 amide bonds. The first-order valence-corrected chi connectivity index (χ1v) is 12.9. The highest BCUT2D eigenvalue weighted by Crippen LogP contribution is 2.31. The third-order valence-corrected chi connectivity index (χ3v) is 6.97. The molecule has 1 aliphatic carbocycles. The van der Waals surface area contributed by atoms with E-state index in [0.717, 1.165) is 53.0 Å². The van der Waals surface area contributed by atoms with Crippen molar-refractivity contribution in [3.05, 3.63) is 48.0 Å². The van der Waals surface area contributed by atoms with Gasteiger partial charge in [-0.2, -0.15) is 13.2 Å². The number of amides is 1. The van der Waals surface area contributed by atoms with Crippen LogP contribution in [0.25, 0.3) is 11.1 Å². The maximum absolute atomic E-state index is 12.7. The third-order valence-electron chi connectivity index (χ3n) is 5.99. The standard InChI is InChI=1S/C23H30N2O3S.C2HF3O2/c1-24-19-11-8-16(9-12-19)23(26)25-15-18-14-17(10-13-21(18)28-2)20-6-4-5-7-22(20)29(3)27;3-2(4,5)1(6)7/h4-7,10,13-14,16,19,24H,8-9,11-12,15H2,1-3H3,(H,25,26);(H,6,7). The van der Waals surface area contributed by atoms with Crippen molar-refractivity contribution >= 4 is 22.7 Å². The van der Waals surface area contributed by atoms with Crippen LogP contribution in [0.5, 0.6) is 5.75 Å². The fraction of sp³-hybridized carbons (Fsp3) is 0.440. The number of carboxylic acid groups (broad SMARTS) is 1. The number of nitrogens with one attached hydrogen (secondary N) is 2. The number of methoxy groups -OCH3 is 1. The molecule has 3 rings (SSSR count). The fourth-order valence-corrected chi connectivity index (χ4v) is 4.78. The minimum Gasteiger partial charge on any atom is -0.496 e. The molecule has 7 nitrogen and oxygen atoms in total. The van der Waals surface area contributed by atoms with Crippen molar-refractivity contribution in [3.63, 3.8) is 0 Å². The maximum Gasteiger partial charge on any atom is 0.490 e. The normalized spacial score (nSPS) is 18.4. The Balaban J connectivity index is 0.000000572. The van der Waals surface area contributed by atoms with Gasteiger partial charge in [-0.25, -0.2) is 4.79 Å². The van der Waals surface area contributed by atoms with Crippen LogP contribution in [0.15, 0.2) is 47.4 Å². The molecule has 1 fully saturated rings. The van der Waals surface area contributed by atoms with Crippen LogP contribution < -0.4 is 15.4 Å². The molecular formula is C25H31F3N2O5S. The summed E-state index contributed by atoms with van der Waals surface area (Å²) in [5.74, 6) is -1.82. The van der Waals surface area contributed by atoms with Gasteiger partial charge in [-0.05, 0) is 62.1 Å². The van der Waals surface area contributed by atoms with Gasteiger partial charge in [0.15, 0.2) is 0 Å². The zero-order valence-electron chi connectivity index (χ0n) is 20.4. The SMILES string of the molecule is CNC1CCC(C(=O)NCc2cc(-c3ccccc3S(C)=O)ccc2OC)CC1.O=C(O)C(F)(F)F. The van der Waals surface area contributed by atoms with E-state index in [9.17, 15) is 22.2 Å². The second kappa shape index (κ2) is 13.4. The Morgan fingerprint density at radius 1 is 1.11 bits per heavy atom. The van der Waals surface area contributed by atoms with Gasteiger partial charge in [0.2, 0.25) is 5.91 Å². The number of aliphatic carboxylic acids is 1. The topological polar surface area (TPSA) is 105 Å². The first kappa shape index (κ1) is 29.3. The summed E-state index contributed by atoms with van der Waals surface area (Å²) in [6, 6.07) is 14.1. The largest absolute Gasteiger partial charge is 0.496 e. The zero-order valence-corrected chi connectivity index (χ0v) is 21.2. The van der Waals surface area contributed by atoms with E-state index in [4.69, 9.17) is 14.6 Å². The smallest absolute Gasteiger partial charge is 0.490 e. The third kappa shape index (κ3) is 8.34. The van der Waals surface area contributed by atoms with Crippen LogP contribution in [0.3, 0.4) is 0 Å². The number of hydrogen-bond acceptors (Lipinski definition) is 5. The second-order valence-electron chi connectivity index (χ2n) is 8.33. The van der Waals surface area contributed by atoms with Crippen molar-refractivity contribution in [2.45, 2.75) is 49.3 Å². The van der Waals surface area contributed by atoms with Gasteiger partial charge in [0, 0.05) is 35.2 Å². The Hall–Kier alpha value is -2.92. The summed E-state index contributed by atoms with van der Waals surface area (Å²) >= 11 is 0. The van der Waals surface area contributed by atoms with Gasteiger partial charge in [0.1, 0.15) is 5.75 Å². The maximum atomic E-state index is 12.7. The minimum absolute atomic E-state index is 0.0806. The molecule has 2 aromatic carbocycles. The highest BCUT2D eigenvalue weighted by Gasteiger charge is 2.38. The Labute approximate surface area is 210 Å². The molecule has 0 bridgehead atoms. The molecule has 0 radical (unpaired) electrons. The van der Waals surface area contributed by atoms with E-state index in [-0.39, 0.29) is 11.8 Å². The summed E-state index contributed by atoms with van der Waals surface area (Å²) in [5.41, 5.74) is 2.82. The Morgan fingerprint density at radius 3 is 2.25 bits per heavy atom. The quantitative estimate of drug-likeness (QED) is 0.499. The highest BCUT2D eigenvalue weighted by molar-refractivity contribution is 7.84. The van der Waals surface area contributed by atoms with Crippen LogP contribution in [0, 0.1) is 5.92 Å². The average molecular weight is 529 g/mol. The molecule has 11 heteroatoms. The van der Waals surface area contributed by atoms with Gasteiger partial charge < -0.3 is 20.5 Å². The number of carbonyl (C=O) groups excluding carboxylic acids is 1. The van der Waals surface area contributed by atoms with Crippen LogP contribution in [0.2, 0.25) is 0 Å². The van der Waals surface area contributed by atoms with Crippen LogP contribution in [-0.4, -0.2) is 53.8 Å². The molecule has 1 atom stereocenters. The van der Waals surface area contributed by atoms with E-state index in [1.54, 1.807) is 13.4 Å². The Bertz CT molecular complexity index is 1070. The lowest BCUT2D eigenvalue weighted by Crippen LogP contribution is -2.37. The molecule has 2 aromatic rings. The molecule has 0 aliphatic heterocycles. The lowest BCUT2D eigenvalue weighted by molar-refractivity contribution is -0.192. The van der Waals surface area contributed by atoms with Crippen molar-refractivity contribution in [1.82, 2.24) is 10.6 Å². The first-order chi connectivity index (χ1) is 17.0. The summed E-state index contributed by atoms with van der Waals surface area (Å²) < 4.78 is 49.3. The van der Waals surface area contributed by atoms with E-state index in [0.29, 0.717) is 12.6 Å². The molecule has 198 valence electrons. The summed E-state index contributed by atoms with van der Waals surface area (Å²) in [4.78, 5) is 22.3. The van der Waals surface area contributed by atoms with Crippen LogP contribution in [0.4, 0.5) is 13.2 Å². The van der Waals surface area contributed by atoms with Gasteiger partial charge in [0.05, 0.1) is 17.9 Å². The number of alkyl halides is 3. The molecule has 1 unspecified atom stereocenters. The van der Waals surface area contributed by atoms with Crippen molar-refractivity contribution in [2.75, 3.05) is 20.4 Å². The van der Waals surface area contributed by atoms with Gasteiger partial charge in [-0.1, -0.05) is 24.3 Å². The number of hydrogen-bond donors (Lipinski definition) is 3. The monoisotopic (exact) mass is 528 g/mol. The molecule has 3 N–H and O–H groups in total. The summed E-state index contributed by atoms with van der Waals surface area (Å²) in [5, 5.41) is 13.5. The minimum atomic E-state index is -5.08. The summed E-state index contributed by atoms with van der Waals surface area (Å²) in [6.07, 6.45) is 0.525. The lowest BCUT2D eigenvalue weighted by atomic mass is 9.85. The summed E-state index contributed by atoms with van der Waals surface area (Å²) in [6.45, 7) is 0.416. The first-order valence-electron chi connectivity index (χ1n) is 11.3. The number of carbonyl (C=O) groups is 2. The van der Waals surface area contributed by atoms with Crippen molar-refractivity contribution in [2.24, 2.45) is 5.92 Å². The fourth-order valence-electron chi connectivity index (χ4n) is 4.01. The molecule has 0 heterocycles. The number of carboxylic acids is 1. The predicted molar refractivity (Wildman–Crippen MR) is 131 cm³/mol. The van der Waals surface area contributed by atoms with E-state index >= 15 is 0 Å². The lowest BCUT2D eigenvalue weighted by Gasteiger charge is -2.27. The van der Waals surface area contributed by atoms with Crippen molar-refractivity contribution in [1.29, 1.82) is 0 Å². The molecule has 0 aromatic heterocycles. The average Bonchev–Trinajstić information content (AvgIpc) is 2.86. The van der Waals surface area contributed by atoms with Gasteiger partial charge in [0.25, 0.3) is 0 Å². The molecule has 36 heavy (non-hydrogen) atoms. The molecule has 0 saturated heterocycles. The van der Waals surface area contributed by atoms with Crippen LogP contribution in [0.1, 0.15) is 31.2 Å². The van der Waals surface area contributed by atoms with E-state index < -0.39 is 22.9 Å². The van der Waals surface area contributed by atoms with Crippen molar-refractivity contribution < 1.29 is 36.8 Å². The zero-order chi connectivity index (χ0) is 26.9. The van der Waals surface area contributed by atoms with Crippen LogP contribution >= 0.6 is 0 Å². The number of halogens is 3. The number of rotatable bonds is 7.